The van der Waals surface area contributed by atoms with Crippen LogP contribution in [0.5, 0.6) is 0 Å². The Morgan fingerprint density at radius 3 is 2.70 bits per heavy atom. The SMILES string of the molecule is CC(C)Cc1nc2c(cc1-c1ccncc1)[nH]c(=O)n2CCO. The van der Waals surface area contributed by atoms with Crippen LogP contribution in [0.3, 0.4) is 0 Å². The fourth-order valence-electron chi connectivity index (χ4n) is 2.75. The van der Waals surface area contributed by atoms with Crippen LogP contribution in [0.15, 0.2) is 35.4 Å². The van der Waals surface area contributed by atoms with Crippen molar-refractivity contribution in [1.29, 1.82) is 0 Å². The second-order valence-corrected chi connectivity index (χ2v) is 5.99. The molecule has 0 saturated heterocycles. The normalized spacial score (nSPS) is 11.5. The highest BCUT2D eigenvalue weighted by Gasteiger charge is 2.15. The van der Waals surface area contributed by atoms with Crippen molar-refractivity contribution in [2.24, 2.45) is 5.92 Å². The van der Waals surface area contributed by atoms with E-state index in [2.05, 4.69) is 23.8 Å². The molecule has 0 atom stereocenters. The van der Waals surface area contributed by atoms with Gasteiger partial charge in [0.25, 0.3) is 0 Å². The zero-order valence-corrected chi connectivity index (χ0v) is 13.3. The van der Waals surface area contributed by atoms with Crippen molar-refractivity contribution in [1.82, 2.24) is 19.5 Å². The smallest absolute Gasteiger partial charge is 0.327 e. The number of hydrogen-bond acceptors (Lipinski definition) is 4. The number of aliphatic hydroxyl groups is 1. The molecule has 0 amide bonds. The number of fused-ring (bicyclic) bond motifs is 1. The van der Waals surface area contributed by atoms with Gasteiger partial charge in [-0.2, -0.15) is 0 Å². The summed E-state index contributed by atoms with van der Waals surface area (Å²) in [7, 11) is 0. The number of nitrogens with one attached hydrogen (secondary N) is 1. The average molecular weight is 312 g/mol. The summed E-state index contributed by atoms with van der Waals surface area (Å²) in [5, 5.41) is 9.16. The van der Waals surface area contributed by atoms with Crippen LogP contribution in [0.4, 0.5) is 0 Å². The first-order chi connectivity index (χ1) is 11.1. The lowest BCUT2D eigenvalue weighted by molar-refractivity contribution is 0.276. The second kappa shape index (κ2) is 6.34. The van der Waals surface area contributed by atoms with E-state index in [1.165, 1.54) is 4.57 Å². The number of rotatable bonds is 5. The maximum atomic E-state index is 12.1. The van der Waals surface area contributed by atoms with Crippen molar-refractivity contribution in [3.63, 3.8) is 0 Å². The molecule has 3 aromatic heterocycles. The minimum atomic E-state index is -0.246. The Kier molecular flexibility index (Phi) is 4.25. The van der Waals surface area contributed by atoms with Gasteiger partial charge in [-0.3, -0.25) is 9.55 Å². The lowest BCUT2D eigenvalue weighted by Gasteiger charge is -2.12. The third-order valence-electron chi connectivity index (χ3n) is 3.74. The molecule has 0 aliphatic carbocycles. The number of aromatic nitrogens is 4. The van der Waals surface area contributed by atoms with E-state index in [4.69, 9.17) is 10.1 Å². The molecule has 0 radical (unpaired) electrons. The van der Waals surface area contributed by atoms with E-state index in [0.717, 1.165) is 23.2 Å². The molecule has 0 fully saturated rings. The van der Waals surface area contributed by atoms with Gasteiger partial charge in [-0.1, -0.05) is 13.8 Å². The highest BCUT2D eigenvalue weighted by atomic mass is 16.3. The molecule has 3 aromatic rings. The number of pyridine rings is 2. The van der Waals surface area contributed by atoms with Crippen LogP contribution in [0.25, 0.3) is 22.3 Å². The van der Waals surface area contributed by atoms with E-state index in [1.807, 2.05) is 18.2 Å². The van der Waals surface area contributed by atoms with Crippen molar-refractivity contribution in [3.8, 4) is 11.1 Å². The maximum absolute atomic E-state index is 12.1. The van der Waals surface area contributed by atoms with E-state index in [9.17, 15) is 4.79 Å². The van der Waals surface area contributed by atoms with Crippen LogP contribution in [0.1, 0.15) is 19.5 Å². The van der Waals surface area contributed by atoms with Crippen molar-refractivity contribution >= 4 is 11.2 Å². The summed E-state index contributed by atoms with van der Waals surface area (Å²) < 4.78 is 1.48. The van der Waals surface area contributed by atoms with Gasteiger partial charge in [0, 0.05) is 18.0 Å². The van der Waals surface area contributed by atoms with Crippen LogP contribution in [0, 0.1) is 5.92 Å². The molecule has 0 aromatic carbocycles. The summed E-state index contributed by atoms with van der Waals surface area (Å²) in [5.41, 5.74) is 4.01. The number of aromatic amines is 1. The van der Waals surface area contributed by atoms with Gasteiger partial charge in [-0.25, -0.2) is 9.78 Å². The van der Waals surface area contributed by atoms with Crippen LogP contribution in [-0.4, -0.2) is 31.2 Å². The first-order valence-corrected chi connectivity index (χ1v) is 7.74. The first kappa shape index (κ1) is 15.4. The Hall–Kier alpha value is -2.47. The quantitative estimate of drug-likeness (QED) is 0.754. The van der Waals surface area contributed by atoms with Gasteiger partial charge in [0.05, 0.1) is 24.4 Å². The lowest BCUT2D eigenvalue weighted by Crippen LogP contribution is -2.19. The van der Waals surface area contributed by atoms with Crippen molar-refractivity contribution < 1.29 is 5.11 Å². The van der Waals surface area contributed by atoms with E-state index < -0.39 is 0 Å². The molecule has 0 bridgehead atoms. The fourth-order valence-corrected chi connectivity index (χ4v) is 2.75. The van der Waals surface area contributed by atoms with Crippen LogP contribution in [-0.2, 0) is 13.0 Å². The summed E-state index contributed by atoms with van der Waals surface area (Å²) in [6.45, 7) is 4.42. The van der Waals surface area contributed by atoms with E-state index in [-0.39, 0.29) is 18.8 Å². The summed E-state index contributed by atoms with van der Waals surface area (Å²) in [6.07, 6.45) is 4.31. The topological polar surface area (TPSA) is 83.8 Å². The molecule has 0 spiro atoms. The minimum Gasteiger partial charge on any atom is -0.395 e. The zero-order chi connectivity index (χ0) is 16.4. The molecule has 120 valence electrons. The Labute approximate surface area is 133 Å². The molecule has 6 nitrogen and oxygen atoms in total. The Morgan fingerprint density at radius 1 is 1.30 bits per heavy atom. The number of aliphatic hydroxyl groups excluding tert-OH is 1. The molecule has 0 saturated carbocycles. The fraction of sp³-hybridized carbons (Fsp3) is 0.353. The second-order valence-electron chi connectivity index (χ2n) is 5.99. The molecule has 0 aliphatic heterocycles. The molecular formula is C17H20N4O2. The van der Waals surface area contributed by atoms with Crippen LogP contribution < -0.4 is 5.69 Å². The first-order valence-electron chi connectivity index (χ1n) is 7.74. The predicted octanol–water partition coefficient (Wildman–Crippen LogP) is 1.98. The van der Waals surface area contributed by atoms with Crippen molar-refractivity contribution in [2.45, 2.75) is 26.8 Å². The molecule has 0 unspecified atom stereocenters. The number of nitrogens with zero attached hydrogens (tertiary/aromatic N) is 3. The zero-order valence-electron chi connectivity index (χ0n) is 13.3. The Morgan fingerprint density at radius 2 is 2.04 bits per heavy atom. The molecule has 23 heavy (non-hydrogen) atoms. The van der Waals surface area contributed by atoms with Gasteiger partial charge in [-0.15, -0.1) is 0 Å². The molecule has 0 aliphatic rings. The monoisotopic (exact) mass is 312 g/mol. The van der Waals surface area contributed by atoms with Gasteiger partial charge >= 0.3 is 5.69 Å². The van der Waals surface area contributed by atoms with E-state index >= 15 is 0 Å². The molecular weight excluding hydrogens is 292 g/mol. The predicted molar refractivity (Wildman–Crippen MR) is 89.2 cm³/mol. The standard InChI is InChI=1S/C17H20N4O2/c1-11(2)9-14-13(12-3-5-18-6-4-12)10-15-16(19-14)21(7-8-22)17(23)20-15/h3-6,10-11,22H,7-9H2,1-2H3,(H,20,23). The number of imidazole rings is 1. The van der Waals surface area contributed by atoms with Gasteiger partial charge in [0.2, 0.25) is 0 Å². The minimum absolute atomic E-state index is 0.0971. The van der Waals surface area contributed by atoms with Crippen LogP contribution >= 0.6 is 0 Å². The number of H-pyrrole nitrogens is 1. The third kappa shape index (κ3) is 3.03. The van der Waals surface area contributed by atoms with E-state index in [0.29, 0.717) is 17.1 Å². The van der Waals surface area contributed by atoms with Gasteiger partial charge in [-0.05, 0) is 36.1 Å². The average Bonchev–Trinajstić information content (AvgIpc) is 2.83. The molecule has 2 N–H and O–H groups in total. The Balaban J connectivity index is 2.24. The molecule has 3 heterocycles. The molecule has 6 heteroatoms. The van der Waals surface area contributed by atoms with Gasteiger partial charge < -0.3 is 10.1 Å². The van der Waals surface area contributed by atoms with Gasteiger partial charge in [0.15, 0.2) is 5.65 Å². The highest BCUT2D eigenvalue weighted by molar-refractivity contribution is 5.80. The largest absolute Gasteiger partial charge is 0.395 e. The summed E-state index contributed by atoms with van der Waals surface area (Å²) in [5.74, 6) is 0.442. The lowest BCUT2D eigenvalue weighted by atomic mass is 9.98. The van der Waals surface area contributed by atoms with E-state index in [1.54, 1.807) is 12.4 Å². The van der Waals surface area contributed by atoms with Crippen molar-refractivity contribution in [2.75, 3.05) is 6.61 Å². The molecule has 3 rings (SSSR count). The van der Waals surface area contributed by atoms with Gasteiger partial charge in [0.1, 0.15) is 0 Å². The van der Waals surface area contributed by atoms with Crippen molar-refractivity contribution in [3.05, 3.63) is 46.8 Å². The third-order valence-corrected chi connectivity index (χ3v) is 3.74. The summed E-state index contributed by atoms with van der Waals surface area (Å²) in [6, 6.07) is 5.84. The summed E-state index contributed by atoms with van der Waals surface area (Å²) >= 11 is 0. The highest BCUT2D eigenvalue weighted by Crippen LogP contribution is 2.27. The Bertz CT molecular complexity index is 865. The summed E-state index contributed by atoms with van der Waals surface area (Å²) in [4.78, 5) is 23.7. The van der Waals surface area contributed by atoms with Crippen LogP contribution in [0.2, 0.25) is 0 Å². The number of hydrogen-bond donors (Lipinski definition) is 2. The maximum Gasteiger partial charge on any atom is 0.327 e.